The maximum absolute atomic E-state index is 9.72. The van der Waals surface area contributed by atoms with Gasteiger partial charge in [-0.25, -0.2) is 4.98 Å². The molecule has 5 nitrogen and oxygen atoms in total. The number of para-hydroxylation sites is 1. The van der Waals surface area contributed by atoms with Crippen molar-refractivity contribution >= 4 is 44.6 Å². The number of fused-ring (bicyclic) bond motifs is 3. The summed E-state index contributed by atoms with van der Waals surface area (Å²) in [4.78, 5) is 4.89. The fourth-order valence-electron chi connectivity index (χ4n) is 9.78. The summed E-state index contributed by atoms with van der Waals surface area (Å²) in [5.74, 6) is 1.97. The second kappa shape index (κ2) is 14.8. The van der Waals surface area contributed by atoms with E-state index in [9.17, 15) is 2.74 Å². The first kappa shape index (κ1) is 35.3. The predicted octanol–water partition coefficient (Wildman–Crippen LogP) is 16.5. The summed E-state index contributed by atoms with van der Waals surface area (Å²) < 4.78 is 71.7. The molecule has 2 bridgehead atoms. The Bertz CT molecular complexity index is 3480. The van der Waals surface area contributed by atoms with E-state index >= 15 is 0 Å². The van der Waals surface area contributed by atoms with E-state index in [-0.39, 0.29) is 46.0 Å². The van der Waals surface area contributed by atoms with Gasteiger partial charge < -0.3 is 4.74 Å². The summed E-state index contributed by atoms with van der Waals surface area (Å²) in [6.07, 6.45) is 0.181. The topological polar surface area (TPSA) is 27.1 Å². The van der Waals surface area contributed by atoms with Crippen LogP contribution in [0.1, 0.15) is 115 Å². The number of pyridine rings is 1. The lowest BCUT2D eigenvalue weighted by Gasteiger charge is -2.56. The SMILES string of the molecule is [2H]c1c([2H])c([2H])c(-c2ccc3c(c2)c2ccc(Oc4cccc([N@@+]56[CH-][N@@+](c7cc(C(C)(C)C)cc(C(C)(C)C)c7)(C5)c5c(C([2H])([2H])C(C)(C)C)cccc56)c4)cc2n3-c2cc(C(C)(C)C)ccn2)c([2H])c1[2H]. The van der Waals surface area contributed by atoms with Crippen LogP contribution in [0.5, 0.6) is 11.5 Å². The maximum atomic E-state index is 9.72. The summed E-state index contributed by atoms with van der Waals surface area (Å²) in [5.41, 5.74) is 9.80. The first-order valence-electron chi connectivity index (χ1n) is 26.3. The molecule has 0 radical (unpaired) electrons. The van der Waals surface area contributed by atoms with Gasteiger partial charge in [-0.15, -0.1) is 0 Å². The van der Waals surface area contributed by atoms with Gasteiger partial charge in [-0.05, 0) is 104 Å². The van der Waals surface area contributed by atoms with Crippen molar-refractivity contribution in [1.29, 1.82) is 0 Å². The molecule has 1 saturated heterocycles. The third kappa shape index (κ3) is 7.38. The van der Waals surface area contributed by atoms with Crippen LogP contribution in [0, 0.1) is 12.1 Å². The van der Waals surface area contributed by atoms with Gasteiger partial charge in [-0.3, -0.25) is 13.5 Å². The smallest absolute Gasteiger partial charge is 0.186 e. The average Bonchev–Trinajstić information content (AvgIpc) is 3.90. The Labute approximate surface area is 397 Å². The van der Waals surface area contributed by atoms with Crippen LogP contribution in [0.2, 0.25) is 0 Å². The fourth-order valence-corrected chi connectivity index (χ4v) is 9.78. The highest BCUT2D eigenvalue weighted by Gasteiger charge is 2.64. The Morgan fingerprint density at radius 2 is 1.29 bits per heavy atom. The number of nitrogens with zero attached hydrogens (tertiary/aromatic N) is 4. The molecule has 3 aliphatic heterocycles. The first-order chi connectivity index (χ1) is 33.5. The lowest BCUT2D eigenvalue weighted by Crippen LogP contribution is -2.67. The molecule has 8 aromatic rings. The second-order valence-corrected chi connectivity index (χ2v) is 22.3. The van der Waals surface area contributed by atoms with Crippen molar-refractivity contribution in [3.05, 3.63) is 175 Å². The van der Waals surface area contributed by atoms with E-state index in [1.54, 1.807) is 0 Å². The summed E-state index contributed by atoms with van der Waals surface area (Å²) in [5, 5.41) is 1.72. The van der Waals surface area contributed by atoms with E-state index in [0.717, 1.165) is 50.1 Å². The molecule has 0 saturated carbocycles. The summed E-state index contributed by atoms with van der Waals surface area (Å²) in [6, 6.07) is 35.6. The minimum atomic E-state index is -1.65. The van der Waals surface area contributed by atoms with Gasteiger partial charge in [0.25, 0.3) is 0 Å². The van der Waals surface area contributed by atoms with Crippen LogP contribution in [0.4, 0.5) is 22.7 Å². The van der Waals surface area contributed by atoms with E-state index in [4.69, 9.17) is 16.6 Å². The van der Waals surface area contributed by atoms with Gasteiger partial charge in [0.15, 0.2) is 18.0 Å². The van der Waals surface area contributed by atoms with Crippen molar-refractivity contribution in [1.82, 2.24) is 18.5 Å². The normalized spacial score (nSPS) is 20.3. The third-order valence-corrected chi connectivity index (χ3v) is 13.2. The van der Waals surface area contributed by atoms with Crippen LogP contribution in [0.25, 0.3) is 38.8 Å². The maximum Gasteiger partial charge on any atom is 0.186 e. The van der Waals surface area contributed by atoms with Crippen LogP contribution < -0.4 is 13.7 Å². The van der Waals surface area contributed by atoms with E-state index in [1.807, 2.05) is 93.7 Å². The largest absolute Gasteiger partial charge is 0.457 e. The lowest BCUT2D eigenvalue weighted by molar-refractivity contribution is 0.185. The van der Waals surface area contributed by atoms with E-state index in [2.05, 4.69) is 116 Å². The molecule has 330 valence electrons. The molecule has 0 spiro atoms. The Morgan fingerprint density at radius 3 is 1.97 bits per heavy atom. The minimum absolute atomic E-state index is 0.111. The molecule has 0 aliphatic carbocycles. The molecule has 0 unspecified atom stereocenters. The Hall–Kier alpha value is -6.01. The predicted molar refractivity (Wildman–Crippen MR) is 275 cm³/mol. The number of quaternary nitrogens is 2. The van der Waals surface area contributed by atoms with Gasteiger partial charge in [0, 0.05) is 55.6 Å². The molecule has 5 heterocycles. The van der Waals surface area contributed by atoms with Crippen molar-refractivity contribution in [2.75, 3.05) is 6.67 Å². The number of hydrogen-bond donors (Lipinski definition) is 0. The number of aromatic nitrogens is 2. The number of hydrogen-bond acceptors (Lipinski definition) is 2. The molecule has 6 aromatic carbocycles. The molecule has 5 heteroatoms. The van der Waals surface area contributed by atoms with E-state index < -0.39 is 17.8 Å². The summed E-state index contributed by atoms with van der Waals surface area (Å²) in [7, 11) is 0. The monoisotopic (exact) mass is 865 g/mol. The molecule has 11 rings (SSSR count). The van der Waals surface area contributed by atoms with Crippen LogP contribution in [0.3, 0.4) is 0 Å². The van der Waals surface area contributed by atoms with Gasteiger partial charge in [0.1, 0.15) is 28.7 Å². The Morgan fingerprint density at radius 1 is 0.615 bits per heavy atom. The highest BCUT2D eigenvalue weighted by molar-refractivity contribution is 6.10. The summed E-state index contributed by atoms with van der Waals surface area (Å²) >= 11 is 0. The zero-order chi connectivity index (χ0) is 52.0. The van der Waals surface area contributed by atoms with Gasteiger partial charge in [-0.2, -0.15) is 0 Å². The Balaban J connectivity index is 1.11. The highest BCUT2D eigenvalue weighted by Crippen LogP contribution is 2.67. The standard InChI is InChI=1S/C60H65N4O/c1-57(2,3)37-42-20-16-23-54-56(42)64(47-32-44(59(7,8)9)31-45(33-47)60(10,11)12)38-63(54,39-64)46-21-17-22-48(35-46)65-49-25-26-50-51-30-41(40-18-14-13-15-19-40)24-27-52(51)62(53(50)36-49)55-34-43(28-29-61-55)58(4,5)6/h13-36,38H,37,39H2,1-12H3/q+1/t63-,64+/m1/s1/i13D,14D,15D,18D,19D,37D2. The van der Waals surface area contributed by atoms with Crippen LogP contribution in [0.15, 0.2) is 146 Å². The van der Waals surface area contributed by atoms with Crippen molar-refractivity contribution in [2.24, 2.45) is 5.41 Å². The van der Waals surface area contributed by atoms with Gasteiger partial charge in [-0.1, -0.05) is 144 Å². The zero-order valence-electron chi connectivity index (χ0n) is 47.0. The van der Waals surface area contributed by atoms with Crippen molar-refractivity contribution in [3.8, 4) is 28.4 Å². The molecule has 2 atom stereocenters. The molecule has 2 aromatic heterocycles. The molecular formula is C60H65N4O+. The highest BCUT2D eigenvalue weighted by atomic mass is 16.5. The third-order valence-electron chi connectivity index (χ3n) is 13.2. The van der Waals surface area contributed by atoms with Crippen LogP contribution in [-0.2, 0) is 22.6 Å². The molecule has 3 aliphatic rings. The number of ether oxygens (including phenoxy) is 1. The molecular weight excluding hydrogens is 793 g/mol. The lowest BCUT2D eigenvalue weighted by atomic mass is 9.80. The van der Waals surface area contributed by atoms with Crippen LogP contribution in [-0.4, -0.2) is 16.2 Å². The van der Waals surface area contributed by atoms with E-state index in [1.165, 1.54) is 11.1 Å². The van der Waals surface area contributed by atoms with Crippen molar-refractivity contribution in [2.45, 2.75) is 106 Å². The van der Waals surface area contributed by atoms with Gasteiger partial charge >= 0.3 is 0 Å². The molecule has 1 fully saturated rings. The summed E-state index contributed by atoms with van der Waals surface area (Å²) in [6.45, 7) is 29.0. The van der Waals surface area contributed by atoms with Crippen molar-refractivity contribution in [3.63, 3.8) is 0 Å². The quantitative estimate of drug-likeness (QED) is 0.118. The molecule has 0 amide bonds. The molecule has 0 N–H and O–H groups in total. The zero-order valence-corrected chi connectivity index (χ0v) is 40.0. The Kier molecular flexibility index (Phi) is 8.01. The number of rotatable bonds is 7. The van der Waals surface area contributed by atoms with Gasteiger partial charge in [0.05, 0.1) is 24.6 Å². The van der Waals surface area contributed by atoms with Crippen LogP contribution >= 0.6 is 0 Å². The number of benzene rings is 6. The van der Waals surface area contributed by atoms with Crippen molar-refractivity contribution < 1.29 is 14.3 Å². The first-order valence-corrected chi connectivity index (χ1v) is 22.8. The average molecular weight is 865 g/mol. The second-order valence-electron chi connectivity index (χ2n) is 22.3. The molecule has 65 heavy (non-hydrogen) atoms. The fraction of sp³-hybridized carbons (Fsp3) is 0.300. The van der Waals surface area contributed by atoms with E-state index in [0.29, 0.717) is 44.1 Å². The minimum Gasteiger partial charge on any atom is -0.457 e. The van der Waals surface area contributed by atoms with Gasteiger partial charge in [0.2, 0.25) is 0 Å².